The Kier molecular flexibility index (Phi) is 4.46. The quantitative estimate of drug-likeness (QED) is 0.735. The Morgan fingerprint density at radius 3 is 1.90 bits per heavy atom. The van der Waals surface area contributed by atoms with Gasteiger partial charge in [0.25, 0.3) is 0 Å². The summed E-state index contributed by atoms with van der Waals surface area (Å²) in [6.45, 7) is -0.447. The van der Waals surface area contributed by atoms with Gasteiger partial charge in [0.1, 0.15) is 13.1 Å². The number of nitrogens with two attached hydrogens (primary N) is 1. The van der Waals surface area contributed by atoms with Crippen molar-refractivity contribution in [2.24, 2.45) is 5.73 Å². The van der Waals surface area contributed by atoms with Crippen molar-refractivity contribution in [3.8, 4) is 0 Å². The Bertz CT molecular complexity index is 402. The normalized spacial score (nSPS) is 18.8. The summed E-state index contributed by atoms with van der Waals surface area (Å²) >= 11 is 0. The van der Waals surface area contributed by atoms with Crippen LogP contribution in [0.15, 0.2) is 0 Å². The van der Waals surface area contributed by atoms with Crippen molar-refractivity contribution in [3.05, 3.63) is 0 Å². The molecule has 2 aliphatic carbocycles. The SMILES string of the molecule is NC(=O)CN(C(=O)N(CC(=O)O)C1CC1)C1CCCC1. The van der Waals surface area contributed by atoms with Gasteiger partial charge in [0.05, 0.1) is 0 Å². The lowest BCUT2D eigenvalue weighted by Crippen LogP contribution is -2.52. The average molecular weight is 283 g/mol. The van der Waals surface area contributed by atoms with Crippen molar-refractivity contribution in [2.75, 3.05) is 13.1 Å². The zero-order valence-electron chi connectivity index (χ0n) is 11.5. The molecule has 3 N–H and O–H groups in total. The summed E-state index contributed by atoms with van der Waals surface area (Å²) in [5.74, 6) is -1.59. The van der Waals surface area contributed by atoms with E-state index in [4.69, 9.17) is 10.8 Å². The maximum atomic E-state index is 12.6. The van der Waals surface area contributed by atoms with E-state index in [1.165, 1.54) is 9.80 Å². The molecule has 0 spiro atoms. The molecule has 0 bridgehead atoms. The van der Waals surface area contributed by atoms with E-state index in [9.17, 15) is 14.4 Å². The highest BCUT2D eigenvalue weighted by atomic mass is 16.4. The highest BCUT2D eigenvalue weighted by Crippen LogP contribution is 2.30. The van der Waals surface area contributed by atoms with Crippen molar-refractivity contribution in [3.63, 3.8) is 0 Å². The van der Waals surface area contributed by atoms with Crippen LogP contribution >= 0.6 is 0 Å². The molecule has 20 heavy (non-hydrogen) atoms. The predicted molar refractivity (Wildman–Crippen MR) is 70.9 cm³/mol. The highest BCUT2D eigenvalue weighted by Gasteiger charge is 2.38. The lowest BCUT2D eigenvalue weighted by molar-refractivity contribution is -0.137. The van der Waals surface area contributed by atoms with Crippen LogP contribution in [0.4, 0.5) is 4.79 Å². The fourth-order valence-electron chi connectivity index (χ4n) is 2.79. The van der Waals surface area contributed by atoms with E-state index in [0.717, 1.165) is 38.5 Å². The van der Waals surface area contributed by atoms with Gasteiger partial charge in [0.2, 0.25) is 5.91 Å². The summed E-state index contributed by atoms with van der Waals surface area (Å²) in [5, 5.41) is 8.93. The van der Waals surface area contributed by atoms with Crippen molar-refractivity contribution in [2.45, 2.75) is 50.6 Å². The molecule has 3 amide bonds. The zero-order valence-corrected chi connectivity index (χ0v) is 11.5. The van der Waals surface area contributed by atoms with Gasteiger partial charge in [0, 0.05) is 12.1 Å². The highest BCUT2D eigenvalue weighted by molar-refractivity contribution is 5.85. The Labute approximate surface area is 117 Å². The molecule has 0 aromatic heterocycles. The molecule has 7 nitrogen and oxygen atoms in total. The second-order valence-electron chi connectivity index (χ2n) is 5.57. The molecule has 2 rings (SSSR count). The number of aliphatic carboxylic acids is 1. The van der Waals surface area contributed by atoms with E-state index in [2.05, 4.69) is 0 Å². The number of carboxylic acids is 1. The minimum atomic E-state index is -1.03. The monoisotopic (exact) mass is 283 g/mol. The summed E-state index contributed by atoms with van der Waals surface area (Å²) in [4.78, 5) is 37.5. The van der Waals surface area contributed by atoms with Crippen LogP contribution in [0.5, 0.6) is 0 Å². The van der Waals surface area contributed by atoms with Crippen LogP contribution in [0.2, 0.25) is 0 Å². The van der Waals surface area contributed by atoms with Gasteiger partial charge in [0.15, 0.2) is 0 Å². The van der Waals surface area contributed by atoms with Crippen LogP contribution in [0.3, 0.4) is 0 Å². The third-order valence-electron chi connectivity index (χ3n) is 3.88. The van der Waals surface area contributed by atoms with Gasteiger partial charge in [-0.2, -0.15) is 0 Å². The summed E-state index contributed by atoms with van der Waals surface area (Å²) in [6, 6.07) is -0.360. The second-order valence-corrected chi connectivity index (χ2v) is 5.57. The smallest absolute Gasteiger partial charge is 0.323 e. The molecular weight excluding hydrogens is 262 g/mol. The van der Waals surface area contributed by atoms with Gasteiger partial charge in [-0.3, -0.25) is 9.59 Å². The van der Waals surface area contributed by atoms with E-state index in [1.54, 1.807) is 0 Å². The standard InChI is InChI=1S/C13H21N3O4/c14-11(17)7-15(9-3-1-2-4-9)13(20)16(8-12(18)19)10-5-6-10/h9-10H,1-8H2,(H2,14,17)(H,18,19). The predicted octanol–water partition coefficient (Wildman–Crippen LogP) is 0.385. The van der Waals surface area contributed by atoms with E-state index >= 15 is 0 Å². The topological polar surface area (TPSA) is 104 Å². The van der Waals surface area contributed by atoms with Crippen LogP contribution in [-0.4, -0.2) is 58.0 Å². The Morgan fingerprint density at radius 1 is 0.950 bits per heavy atom. The molecule has 0 unspecified atom stereocenters. The maximum Gasteiger partial charge on any atom is 0.323 e. The Morgan fingerprint density at radius 2 is 1.45 bits per heavy atom. The van der Waals surface area contributed by atoms with Crippen LogP contribution in [-0.2, 0) is 9.59 Å². The van der Waals surface area contributed by atoms with Gasteiger partial charge in [-0.15, -0.1) is 0 Å². The molecule has 2 fully saturated rings. The first-order valence-electron chi connectivity index (χ1n) is 7.06. The van der Waals surface area contributed by atoms with E-state index in [0.29, 0.717) is 0 Å². The number of nitrogens with zero attached hydrogens (tertiary/aromatic N) is 2. The van der Waals surface area contributed by atoms with Crippen molar-refractivity contribution < 1.29 is 19.5 Å². The molecule has 0 radical (unpaired) electrons. The lowest BCUT2D eigenvalue weighted by Gasteiger charge is -2.33. The number of carbonyl (C=O) groups is 3. The minimum Gasteiger partial charge on any atom is -0.480 e. The first-order chi connectivity index (χ1) is 9.49. The van der Waals surface area contributed by atoms with Crippen molar-refractivity contribution in [1.29, 1.82) is 0 Å². The lowest BCUT2D eigenvalue weighted by atomic mass is 10.2. The van der Waals surface area contributed by atoms with E-state index < -0.39 is 11.9 Å². The summed E-state index contributed by atoms with van der Waals surface area (Å²) < 4.78 is 0. The average Bonchev–Trinajstić information content (AvgIpc) is 3.07. The molecular formula is C13H21N3O4. The zero-order chi connectivity index (χ0) is 14.7. The fourth-order valence-corrected chi connectivity index (χ4v) is 2.79. The molecule has 2 aliphatic rings. The van der Waals surface area contributed by atoms with Gasteiger partial charge in [-0.05, 0) is 25.7 Å². The molecule has 0 aromatic rings. The molecule has 0 saturated heterocycles. The van der Waals surface area contributed by atoms with Crippen LogP contribution < -0.4 is 5.73 Å². The number of rotatable bonds is 6. The molecule has 112 valence electrons. The fraction of sp³-hybridized carbons (Fsp3) is 0.769. The van der Waals surface area contributed by atoms with Gasteiger partial charge >= 0.3 is 12.0 Å². The first kappa shape index (κ1) is 14.6. The Balaban J connectivity index is 2.10. The summed E-state index contributed by atoms with van der Waals surface area (Å²) in [5.41, 5.74) is 5.22. The number of amides is 3. The molecule has 0 aliphatic heterocycles. The van der Waals surface area contributed by atoms with Gasteiger partial charge in [-0.1, -0.05) is 12.8 Å². The van der Waals surface area contributed by atoms with E-state index in [-0.39, 0.29) is 31.2 Å². The first-order valence-corrected chi connectivity index (χ1v) is 7.06. The summed E-state index contributed by atoms with van der Waals surface area (Å²) in [7, 11) is 0. The summed E-state index contributed by atoms with van der Waals surface area (Å²) in [6.07, 6.45) is 5.41. The molecule has 0 heterocycles. The van der Waals surface area contributed by atoms with Crippen molar-refractivity contribution in [1.82, 2.24) is 9.80 Å². The minimum absolute atomic E-state index is 0.00428. The number of carboxylic acid groups (broad SMARTS) is 1. The van der Waals surface area contributed by atoms with Crippen LogP contribution in [0.1, 0.15) is 38.5 Å². The van der Waals surface area contributed by atoms with Gasteiger partial charge in [-0.25, -0.2) is 4.79 Å². The Hall–Kier alpha value is -1.79. The third kappa shape index (κ3) is 3.61. The number of urea groups is 1. The molecule has 0 aromatic carbocycles. The largest absolute Gasteiger partial charge is 0.480 e. The third-order valence-corrected chi connectivity index (χ3v) is 3.88. The maximum absolute atomic E-state index is 12.6. The number of hydrogen-bond donors (Lipinski definition) is 2. The number of primary amides is 1. The van der Waals surface area contributed by atoms with Crippen LogP contribution in [0.25, 0.3) is 0 Å². The van der Waals surface area contributed by atoms with Crippen LogP contribution in [0, 0.1) is 0 Å². The number of carbonyl (C=O) groups excluding carboxylic acids is 2. The van der Waals surface area contributed by atoms with Crippen molar-refractivity contribution >= 4 is 17.9 Å². The molecule has 2 saturated carbocycles. The molecule has 7 heteroatoms. The van der Waals surface area contributed by atoms with E-state index in [1.807, 2.05) is 0 Å². The molecule has 0 atom stereocenters. The second kappa shape index (κ2) is 6.11. The number of hydrogen-bond acceptors (Lipinski definition) is 3. The van der Waals surface area contributed by atoms with Gasteiger partial charge < -0.3 is 20.6 Å².